The van der Waals surface area contributed by atoms with Crippen molar-refractivity contribution in [3.8, 4) is 0 Å². The maximum atomic E-state index is 13.1. The van der Waals surface area contributed by atoms with Crippen LogP contribution in [0.15, 0.2) is 36.4 Å². The number of urea groups is 1. The standard InChI is InChI=1S/C24H27F6N5O3/c1-34(2)20-4-3-17(14-19(20)21(36)31-5-6-35-7-9-38-10-8-35)32-22(37)33-18-12-15(23(25,26)27)11-16(13-18)24(28,29)30/h3-4,11-14H,5-10H2,1-2H3,(H,31,36)(H2,32,33,37). The van der Waals surface area contributed by atoms with E-state index in [4.69, 9.17) is 4.74 Å². The van der Waals surface area contributed by atoms with Gasteiger partial charge in [0.25, 0.3) is 5.91 Å². The molecule has 0 bridgehead atoms. The van der Waals surface area contributed by atoms with E-state index in [9.17, 15) is 35.9 Å². The highest BCUT2D eigenvalue weighted by Gasteiger charge is 2.37. The molecule has 1 heterocycles. The van der Waals surface area contributed by atoms with Crippen LogP contribution in [0.25, 0.3) is 0 Å². The Morgan fingerprint density at radius 1 is 0.895 bits per heavy atom. The van der Waals surface area contributed by atoms with Gasteiger partial charge in [0.1, 0.15) is 0 Å². The molecule has 1 fully saturated rings. The predicted molar refractivity (Wildman–Crippen MR) is 129 cm³/mol. The molecule has 38 heavy (non-hydrogen) atoms. The summed E-state index contributed by atoms with van der Waals surface area (Å²) in [7, 11) is 3.43. The van der Waals surface area contributed by atoms with Crippen LogP contribution in [-0.4, -0.2) is 70.3 Å². The van der Waals surface area contributed by atoms with Crippen molar-refractivity contribution < 1.29 is 40.7 Å². The highest BCUT2D eigenvalue weighted by atomic mass is 19.4. The number of alkyl halides is 6. The second kappa shape index (κ2) is 11.9. The van der Waals surface area contributed by atoms with E-state index >= 15 is 0 Å². The van der Waals surface area contributed by atoms with Crippen LogP contribution in [0.3, 0.4) is 0 Å². The number of hydrogen-bond acceptors (Lipinski definition) is 5. The van der Waals surface area contributed by atoms with E-state index in [0.717, 1.165) is 13.1 Å². The molecule has 1 saturated heterocycles. The molecule has 0 atom stereocenters. The number of nitrogens with zero attached hydrogens (tertiary/aromatic N) is 2. The summed E-state index contributed by atoms with van der Waals surface area (Å²) in [6.07, 6.45) is -10.1. The number of amides is 3. The van der Waals surface area contributed by atoms with Crippen molar-refractivity contribution >= 4 is 29.0 Å². The monoisotopic (exact) mass is 547 g/mol. The zero-order chi connectivity index (χ0) is 28.1. The molecule has 2 aromatic rings. The molecule has 0 saturated carbocycles. The van der Waals surface area contributed by atoms with Crippen LogP contribution >= 0.6 is 0 Å². The maximum absolute atomic E-state index is 13.1. The quantitative estimate of drug-likeness (QED) is 0.445. The van der Waals surface area contributed by atoms with Crippen LogP contribution in [0.1, 0.15) is 21.5 Å². The van der Waals surface area contributed by atoms with E-state index < -0.39 is 41.1 Å². The van der Waals surface area contributed by atoms with Crippen molar-refractivity contribution in [3.05, 3.63) is 53.1 Å². The van der Waals surface area contributed by atoms with E-state index in [1.165, 1.54) is 12.1 Å². The van der Waals surface area contributed by atoms with Crippen molar-refractivity contribution in [2.24, 2.45) is 0 Å². The molecule has 1 aliphatic heterocycles. The fraction of sp³-hybridized carbons (Fsp3) is 0.417. The van der Waals surface area contributed by atoms with Crippen molar-refractivity contribution in [2.75, 3.05) is 69.0 Å². The van der Waals surface area contributed by atoms with Gasteiger partial charge in [0.05, 0.1) is 29.9 Å². The van der Waals surface area contributed by atoms with Gasteiger partial charge >= 0.3 is 18.4 Å². The number of morpholine rings is 1. The fourth-order valence-corrected chi connectivity index (χ4v) is 3.75. The van der Waals surface area contributed by atoms with Crippen LogP contribution in [0, 0.1) is 0 Å². The normalized spacial score (nSPS) is 14.6. The van der Waals surface area contributed by atoms with Crippen molar-refractivity contribution in [1.29, 1.82) is 0 Å². The molecule has 3 rings (SSSR count). The van der Waals surface area contributed by atoms with Crippen molar-refractivity contribution in [2.45, 2.75) is 12.4 Å². The topological polar surface area (TPSA) is 85.9 Å². The van der Waals surface area contributed by atoms with E-state index in [0.29, 0.717) is 44.1 Å². The summed E-state index contributed by atoms with van der Waals surface area (Å²) in [6.45, 7) is 3.72. The van der Waals surface area contributed by atoms with Gasteiger partial charge in [-0.15, -0.1) is 0 Å². The average Bonchev–Trinajstić information content (AvgIpc) is 2.83. The third-order valence-electron chi connectivity index (χ3n) is 5.64. The predicted octanol–water partition coefficient (Wildman–Crippen LogP) is 4.50. The number of rotatable bonds is 7. The Hall–Kier alpha value is -3.52. The van der Waals surface area contributed by atoms with Gasteiger partial charge in [0.15, 0.2) is 0 Å². The molecule has 14 heteroatoms. The largest absolute Gasteiger partial charge is 0.416 e. The number of carbonyl (C=O) groups is 2. The number of benzene rings is 2. The first-order valence-electron chi connectivity index (χ1n) is 11.5. The van der Waals surface area contributed by atoms with Crippen molar-refractivity contribution in [1.82, 2.24) is 10.2 Å². The summed E-state index contributed by atoms with van der Waals surface area (Å²) in [5, 5.41) is 7.15. The zero-order valence-electron chi connectivity index (χ0n) is 20.6. The average molecular weight is 548 g/mol. The maximum Gasteiger partial charge on any atom is 0.416 e. The zero-order valence-corrected chi connectivity index (χ0v) is 20.6. The summed E-state index contributed by atoms with van der Waals surface area (Å²) < 4.78 is 83.8. The van der Waals surface area contributed by atoms with Crippen LogP contribution in [0.5, 0.6) is 0 Å². The molecule has 3 amide bonds. The Bertz CT molecular complexity index is 1120. The highest BCUT2D eigenvalue weighted by molar-refractivity contribution is 6.04. The molecule has 208 valence electrons. The molecule has 0 unspecified atom stereocenters. The summed E-state index contributed by atoms with van der Waals surface area (Å²) in [4.78, 5) is 29.1. The summed E-state index contributed by atoms with van der Waals surface area (Å²) in [6, 6.07) is 4.05. The summed E-state index contributed by atoms with van der Waals surface area (Å²) in [5.41, 5.74) is -2.96. The molecular formula is C24H27F6N5O3. The van der Waals surface area contributed by atoms with Crippen LogP contribution in [-0.2, 0) is 17.1 Å². The molecular weight excluding hydrogens is 520 g/mol. The summed E-state index contributed by atoms with van der Waals surface area (Å²) in [5.74, 6) is -0.418. The Morgan fingerprint density at radius 3 is 2.03 bits per heavy atom. The number of ether oxygens (including phenoxy) is 1. The smallest absolute Gasteiger partial charge is 0.379 e. The molecule has 1 aliphatic rings. The number of hydrogen-bond donors (Lipinski definition) is 3. The fourth-order valence-electron chi connectivity index (χ4n) is 3.75. The molecule has 0 spiro atoms. The number of anilines is 3. The third-order valence-corrected chi connectivity index (χ3v) is 5.64. The van der Waals surface area contributed by atoms with Crippen LogP contribution in [0.2, 0.25) is 0 Å². The molecule has 8 nitrogen and oxygen atoms in total. The van der Waals surface area contributed by atoms with Gasteiger partial charge in [-0.2, -0.15) is 26.3 Å². The van der Waals surface area contributed by atoms with E-state index in [-0.39, 0.29) is 17.3 Å². The molecule has 0 radical (unpaired) electrons. The van der Waals surface area contributed by atoms with E-state index in [1.807, 2.05) is 5.32 Å². The SMILES string of the molecule is CN(C)c1ccc(NC(=O)Nc2cc(C(F)(F)F)cc(C(F)(F)F)c2)cc1C(=O)NCCN1CCOCC1. The van der Waals surface area contributed by atoms with Gasteiger partial charge in [-0.05, 0) is 36.4 Å². The minimum Gasteiger partial charge on any atom is -0.379 e. The minimum atomic E-state index is -5.06. The van der Waals surface area contributed by atoms with Crippen LogP contribution in [0.4, 0.5) is 48.2 Å². The molecule has 2 aromatic carbocycles. The van der Waals surface area contributed by atoms with Gasteiger partial charge < -0.3 is 25.6 Å². The van der Waals surface area contributed by atoms with Gasteiger partial charge in [-0.1, -0.05) is 0 Å². The van der Waals surface area contributed by atoms with Gasteiger partial charge in [0.2, 0.25) is 0 Å². The second-order valence-electron chi connectivity index (χ2n) is 8.71. The number of halogens is 6. The second-order valence-corrected chi connectivity index (χ2v) is 8.71. The van der Waals surface area contributed by atoms with Gasteiger partial charge in [-0.25, -0.2) is 4.79 Å². The third kappa shape index (κ3) is 7.99. The Labute approximate surface area is 214 Å². The lowest BCUT2D eigenvalue weighted by Gasteiger charge is -2.26. The number of nitrogens with one attached hydrogen (secondary N) is 3. The number of carbonyl (C=O) groups excluding carboxylic acids is 2. The first-order valence-corrected chi connectivity index (χ1v) is 11.5. The van der Waals surface area contributed by atoms with E-state index in [2.05, 4.69) is 15.5 Å². The molecule has 0 aromatic heterocycles. The first kappa shape index (κ1) is 29.0. The van der Waals surface area contributed by atoms with Crippen molar-refractivity contribution in [3.63, 3.8) is 0 Å². The first-order chi connectivity index (χ1) is 17.7. The molecule has 3 N–H and O–H groups in total. The van der Waals surface area contributed by atoms with Gasteiger partial charge in [-0.3, -0.25) is 9.69 Å². The Morgan fingerprint density at radius 2 is 1.47 bits per heavy atom. The highest BCUT2D eigenvalue weighted by Crippen LogP contribution is 2.37. The lowest BCUT2D eigenvalue weighted by atomic mass is 10.1. The van der Waals surface area contributed by atoms with Crippen LogP contribution < -0.4 is 20.9 Å². The Balaban J connectivity index is 1.73. The van der Waals surface area contributed by atoms with Gasteiger partial charge in [0, 0.05) is 57.3 Å². The summed E-state index contributed by atoms with van der Waals surface area (Å²) >= 11 is 0. The molecule has 0 aliphatic carbocycles. The lowest BCUT2D eigenvalue weighted by Crippen LogP contribution is -2.41. The Kier molecular flexibility index (Phi) is 9.09. The van der Waals surface area contributed by atoms with E-state index in [1.54, 1.807) is 25.1 Å². The lowest BCUT2D eigenvalue weighted by molar-refractivity contribution is -0.143. The minimum absolute atomic E-state index is 0.0347.